The Bertz CT molecular complexity index is 883. The van der Waals surface area contributed by atoms with E-state index in [0.29, 0.717) is 34.0 Å². The first-order valence-electron chi connectivity index (χ1n) is 7.01. The van der Waals surface area contributed by atoms with Crippen LogP contribution in [0.3, 0.4) is 0 Å². The number of aromatic amines is 1. The van der Waals surface area contributed by atoms with Crippen LogP contribution in [0.5, 0.6) is 0 Å². The molecule has 6 nitrogen and oxygen atoms in total. The SMILES string of the molecule is CC(SCCC(N)=O)c1nc2scc(-c3ccco3)c2c(=O)[nH]1. The minimum atomic E-state index is -0.331. The van der Waals surface area contributed by atoms with Gasteiger partial charge in [-0.15, -0.1) is 11.3 Å². The van der Waals surface area contributed by atoms with Crippen molar-refractivity contribution in [1.82, 2.24) is 9.97 Å². The molecular formula is C15H15N3O3S2. The van der Waals surface area contributed by atoms with E-state index < -0.39 is 0 Å². The number of nitrogens with one attached hydrogen (secondary N) is 1. The molecule has 0 saturated carbocycles. The van der Waals surface area contributed by atoms with Gasteiger partial charge < -0.3 is 15.1 Å². The van der Waals surface area contributed by atoms with Crippen molar-refractivity contribution in [2.75, 3.05) is 5.75 Å². The Hall–Kier alpha value is -2.06. The Kier molecular flexibility index (Phi) is 4.53. The van der Waals surface area contributed by atoms with Crippen LogP contribution in [0.25, 0.3) is 21.5 Å². The minimum absolute atomic E-state index is 0.0272. The van der Waals surface area contributed by atoms with Gasteiger partial charge in [0, 0.05) is 23.1 Å². The van der Waals surface area contributed by atoms with E-state index >= 15 is 0 Å². The molecule has 0 spiro atoms. The van der Waals surface area contributed by atoms with Crippen molar-refractivity contribution in [3.8, 4) is 11.3 Å². The van der Waals surface area contributed by atoms with Crippen LogP contribution in [-0.4, -0.2) is 21.6 Å². The van der Waals surface area contributed by atoms with E-state index in [9.17, 15) is 9.59 Å². The van der Waals surface area contributed by atoms with Gasteiger partial charge in [-0.2, -0.15) is 11.8 Å². The maximum Gasteiger partial charge on any atom is 0.260 e. The molecule has 8 heteroatoms. The van der Waals surface area contributed by atoms with E-state index in [2.05, 4.69) is 9.97 Å². The van der Waals surface area contributed by atoms with E-state index in [1.165, 1.54) is 23.1 Å². The number of H-pyrrole nitrogens is 1. The van der Waals surface area contributed by atoms with Gasteiger partial charge in [0.2, 0.25) is 5.91 Å². The molecule has 0 aromatic carbocycles. The highest BCUT2D eigenvalue weighted by Gasteiger charge is 2.17. The van der Waals surface area contributed by atoms with Gasteiger partial charge in [0.15, 0.2) is 0 Å². The Labute approximate surface area is 140 Å². The lowest BCUT2D eigenvalue weighted by Crippen LogP contribution is -2.14. The van der Waals surface area contributed by atoms with E-state index in [4.69, 9.17) is 10.2 Å². The number of hydrogen-bond acceptors (Lipinski definition) is 6. The minimum Gasteiger partial charge on any atom is -0.464 e. The number of thioether (sulfide) groups is 1. The zero-order chi connectivity index (χ0) is 16.4. The van der Waals surface area contributed by atoms with Gasteiger partial charge in [0.05, 0.1) is 16.9 Å². The average Bonchev–Trinajstić information content (AvgIpc) is 3.15. The normalized spacial score (nSPS) is 12.6. The molecule has 3 aromatic rings. The van der Waals surface area contributed by atoms with Gasteiger partial charge in [-0.1, -0.05) is 0 Å². The van der Waals surface area contributed by atoms with Crippen LogP contribution in [0.2, 0.25) is 0 Å². The summed E-state index contributed by atoms with van der Waals surface area (Å²) in [6, 6.07) is 3.60. The number of aromatic nitrogens is 2. The molecule has 0 saturated heterocycles. The van der Waals surface area contributed by atoms with Crippen LogP contribution < -0.4 is 11.3 Å². The lowest BCUT2D eigenvalue weighted by atomic mass is 10.2. The van der Waals surface area contributed by atoms with Crippen molar-refractivity contribution < 1.29 is 9.21 Å². The monoisotopic (exact) mass is 349 g/mol. The average molecular weight is 349 g/mol. The number of furan rings is 1. The highest BCUT2D eigenvalue weighted by Crippen LogP contribution is 2.32. The van der Waals surface area contributed by atoms with Gasteiger partial charge in [-0.05, 0) is 19.1 Å². The van der Waals surface area contributed by atoms with Crippen LogP contribution in [-0.2, 0) is 4.79 Å². The molecule has 23 heavy (non-hydrogen) atoms. The Morgan fingerprint density at radius 3 is 3.09 bits per heavy atom. The number of fused-ring (bicyclic) bond motifs is 1. The second-order valence-corrected chi connectivity index (χ2v) is 7.29. The molecule has 1 atom stereocenters. The molecule has 3 heterocycles. The predicted octanol–water partition coefficient (Wildman–Crippen LogP) is 2.91. The molecule has 0 fully saturated rings. The Morgan fingerprint density at radius 1 is 1.57 bits per heavy atom. The van der Waals surface area contributed by atoms with Crippen molar-refractivity contribution in [1.29, 1.82) is 0 Å². The fourth-order valence-corrected chi connectivity index (χ4v) is 4.06. The molecule has 0 radical (unpaired) electrons. The molecular weight excluding hydrogens is 334 g/mol. The number of hydrogen-bond donors (Lipinski definition) is 2. The van der Waals surface area contributed by atoms with Crippen molar-refractivity contribution >= 4 is 39.2 Å². The van der Waals surface area contributed by atoms with E-state index in [1.807, 2.05) is 18.4 Å². The van der Waals surface area contributed by atoms with Crippen LogP contribution in [0, 0.1) is 0 Å². The second-order valence-electron chi connectivity index (χ2n) is 4.99. The third kappa shape index (κ3) is 3.32. The Morgan fingerprint density at radius 2 is 2.39 bits per heavy atom. The summed E-state index contributed by atoms with van der Waals surface area (Å²) >= 11 is 2.94. The molecule has 0 aliphatic heterocycles. The summed E-state index contributed by atoms with van der Waals surface area (Å²) < 4.78 is 5.37. The van der Waals surface area contributed by atoms with Gasteiger partial charge >= 0.3 is 0 Å². The van der Waals surface area contributed by atoms with Crippen LogP contribution in [0.15, 0.2) is 33.0 Å². The van der Waals surface area contributed by atoms with Crippen LogP contribution in [0.1, 0.15) is 24.4 Å². The fraction of sp³-hybridized carbons (Fsp3) is 0.267. The van der Waals surface area contributed by atoms with Crippen molar-refractivity contribution in [3.63, 3.8) is 0 Å². The number of carbonyl (C=O) groups is 1. The van der Waals surface area contributed by atoms with Gasteiger partial charge in [0.25, 0.3) is 5.56 Å². The second kappa shape index (κ2) is 6.59. The number of nitrogens with two attached hydrogens (primary N) is 1. The fourth-order valence-electron chi connectivity index (χ4n) is 2.19. The van der Waals surface area contributed by atoms with E-state index in [0.717, 1.165) is 5.56 Å². The standard InChI is InChI=1S/C15H15N3O3S2/c1-8(22-6-4-11(16)19)13-17-14(20)12-9(7-23-15(12)18-13)10-3-2-5-21-10/h2-3,5,7-8H,4,6H2,1H3,(H2,16,19)(H,17,18,20). The summed E-state index contributed by atoms with van der Waals surface area (Å²) in [6.45, 7) is 1.94. The van der Waals surface area contributed by atoms with Gasteiger partial charge in [0.1, 0.15) is 16.4 Å². The summed E-state index contributed by atoms with van der Waals surface area (Å²) in [4.78, 5) is 31.3. The number of primary amides is 1. The van der Waals surface area contributed by atoms with Crippen molar-refractivity contribution in [2.45, 2.75) is 18.6 Å². The molecule has 3 N–H and O–H groups in total. The third-order valence-corrected chi connectivity index (χ3v) is 5.39. The number of thiophene rings is 1. The molecule has 3 rings (SSSR count). The number of rotatable bonds is 6. The summed E-state index contributed by atoms with van der Waals surface area (Å²) in [5.41, 5.74) is 5.71. The van der Waals surface area contributed by atoms with Crippen molar-refractivity contribution in [2.24, 2.45) is 5.73 Å². The first-order chi connectivity index (χ1) is 11.1. The topological polar surface area (TPSA) is 102 Å². The maximum atomic E-state index is 12.4. The summed E-state index contributed by atoms with van der Waals surface area (Å²) in [5.74, 6) is 1.52. The smallest absolute Gasteiger partial charge is 0.260 e. The zero-order valence-electron chi connectivity index (χ0n) is 12.4. The van der Waals surface area contributed by atoms with Gasteiger partial charge in [-0.25, -0.2) is 4.98 Å². The molecule has 1 amide bonds. The molecule has 3 aromatic heterocycles. The number of amides is 1. The number of nitrogens with zero attached hydrogens (tertiary/aromatic N) is 1. The van der Waals surface area contributed by atoms with Crippen LogP contribution in [0.4, 0.5) is 0 Å². The van der Waals surface area contributed by atoms with Gasteiger partial charge in [-0.3, -0.25) is 9.59 Å². The highest BCUT2D eigenvalue weighted by molar-refractivity contribution is 7.99. The highest BCUT2D eigenvalue weighted by atomic mass is 32.2. The quantitative estimate of drug-likeness (QED) is 0.712. The molecule has 120 valence electrons. The third-order valence-electron chi connectivity index (χ3n) is 3.35. The van der Waals surface area contributed by atoms with Crippen LogP contribution >= 0.6 is 23.1 Å². The maximum absolute atomic E-state index is 12.4. The first kappa shape index (κ1) is 15.8. The lowest BCUT2D eigenvalue weighted by Gasteiger charge is -2.09. The first-order valence-corrected chi connectivity index (χ1v) is 8.94. The largest absolute Gasteiger partial charge is 0.464 e. The molecule has 1 unspecified atom stereocenters. The Balaban J connectivity index is 1.90. The van der Waals surface area contributed by atoms with E-state index in [1.54, 1.807) is 12.3 Å². The molecule has 0 aliphatic carbocycles. The lowest BCUT2D eigenvalue weighted by molar-refractivity contribution is -0.117. The van der Waals surface area contributed by atoms with Crippen molar-refractivity contribution in [3.05, 3.63) is 40.0 Å². The summed E-state index contributed by atoms with van der Waals surface area (Å²) in [7, 11) is 0. The molecule has 0 aliphatic rings. The van der Waals surface area contributed by atoms with E-state index in [-0.39, 0.29) is 16.7 Å². The summed E-state index contributed by atoms with van der Waals surface area (Å²) in [5, 5.41) is 2.39. The zero-order valence-corrected chi connectivity index (χ0v) is 14.0. The number of carbonyl (C=O) groups excluding carboxylic acids is 1. The predicted molar refractivity (Wildman–Crippen MR) is 92.6 cm³/mol. The molecule has 0 bridgehead atoms. The summed E-state index contributed by atoms with van der Waals surface area (Å²) in [6.07, 6.45) is 1.88.